The van der Waals surface area contributed by atoms with Crippen LogP contribution >= 0.6 is 12.2 Å². The first-order valence-electron chi connectivity index (χ1n) is 5.71. The Morgan fingerprint density at radius 3 is 2.76 bits per heavy atom. The zero-order valence-corrected chi connectivity index (χ0v) is 11.0. The van der Waals surface area contributed by atoms with E-state index in [0.29, 0.717) is 10.6 Å². The van der Waals surface area contributed by atoms with Gasteiger partial charge in [-0.1, -0.05) is 43.3 Å². The number of aryl methyl sites for hydroxylation is 1. The molecule has 0 spiro atoms. The molecule has 17 heavy (non-hydrogen) atoms. The van der Waals surface area contributed by atoms with Gasteiger partial charge in [-0.15, -0.1) is 0 Å². The molecule has 1 amide bonds. The number of thiocarbonyl (C=S) groups is 1. The number of nitrogens with two attached hydrogens (primary N) is 1. The van der Waals surface area contributed by atoms with Crippen molar-refractivity contribution in [2.75, 3.05) is 0 Å². The topological polar surface area (TPSA) is 55.1 Å². The maximum Gasteiger partial charge on any atom is 0.251 e. The highest BCUT2D eigenvalue weighted by Crippen LogP contribution is 2.05. The number of hydrogen-bond donors (Lipinski definition) is 2. The van der Waals surface area contributed by atoms with Crippen LogP contribution in [0.4, 0.5) is 0 Å². The van der Waals surface area contributed by atoms with Gasteiger partial charge in [-0.25, -0.2) is 0 Å². The molecule has 0 saturated carbocycles. The molecule has 0 aromatic heterocycles. The second-order valence-corrected chi connectivity index (χ2v) is 4.56. The molecule has 1 aromatic rings. The van der Waals surface area contributed by atoms with E-state index in [2.05, 4.69) is 5.32 Å². The number of carbonyl (C=O) groups is 1. The molecule has 1 rings (SSSR count). The minimum atomic E-state index is -0.219. The van der Waals surface area contributed by atoms with Crippen molar-refractivity contribution in [3.05, 3.63) is 35.4 Å². The number of carbonyl (C=O) groups excluding carboxylic acids is 1. The summed E-state index contributed by atoms with van der Waals surface area (Å²) in [5.41, 5.74) is 7.29. The molecule has 1 aromatic carbocycles. The van der Waals surface area contributed by atoms with E-state index in [0.717, 1.165) is 18.4 Å². The van der Waals surface area contributed by atoms with E-state index in [4.69, 9.17) is 18.0 Å². The molecule has 0 saturated heterocycles. The Morgan fingerprint density at radius 2 is 2.24 bits per heavy atom. The molecule has 0 aliphatic carbocycles. The fourth-order valence-electron chi connectivity index (χ4n) is 1.60. The molecule has 0 radical (unpaired) electrons. The number of benzene rings is 1. The van der Waals surface area contributed by atoms with Crippen LogP contribution in [0.5, 0.6) is 0 Å². The average molecular weight is 250 g/mol. The van der Waals surface area contributed by atoms with Crippen LogP contribution in [0.15, 0.2) is 24.3 Å². The number of nitrogens with one attached hydrogen (secondary N) is 1. The van der Waals surface area contributed by atoms with Crippen LogP contribution < -0.4 is 11.1 Å². The van der Waals surface area contributed by atoms with Crippen LogP contribution in [-0.2, 0) is 0 Å². The molecule has 4 heteroatoms. The van der Waals surface area contributed by atoms with Gasteiger partial charge in [0.25, 0.3) is 5.91 Å². The molecule has 0 aliphatic heterocycles. The summed E-state index contributed by atoms with van der Waals surface area (Å²) in [4.78, 5) is 12.3. The predicted molar refractivity (Wildman–Crippen MR) is 74.1 cm³/mol. The highest BCUT2D eigenvalue weighted by atomic mass is 32.1. The number of rotatable bonds is 5. The van der Waals surface area contributed by atoms with Crippen molar-refractivity contribution in [2.24, 2.45) is 5.73 Å². The first-order chi connectivity index (χ1) is 8.04. The summed E-state index contributed by atoms with van der Waals surface area (Å²) < 4.78 is 0. The van der Waals surface area contributed by atoms with E-state index in [9.17, 15) is 4.79 Å². The van der Waals surface area contributed by atoms with Gasteiger partial charge in [-0.3, -0.25) is 4.79 Å². The normalized spacial score (nSPS) is 11.9. The summed E-state index contributed by atoms with van der Waals surface area (Å²) in [6, 6.07) is 7.22. The second-order valence-electron chi connectivity index (χ2n) is 4.09. The first-order valence-corrected chi connectivity index (χ1v) is 6.12. The van der Waals surface area contributed by atoms with E-state index in [-0.39, 0.29) is 11.9 Å². The molecule has 3 nitrogen and oxygen atoms in total. The largest absolute Gasteiger partial charge is 0.392 e. The van der Waals surface area contributed by atoms with Gasteiger partial charge < -0.3 is 11.1 Å². The van der Waals surface area contributed by atoms with Gasteiger partial charge in [0.05, 0.1) is 11.0 Å². The molecule has 1 unspecified atom stereocenters. The Morgan fingerprint density at radius 1 is 1.53 bits per heavy atom. The summed E-state index contributed by atoms with van der Waals surface area (Å²) in [7, 11) is 0. The second kappa shape index (κ2) is 6.35. The van der Waals surface area contributed by atoms with Crippen LogP contribution in [0.1, 0.15) is 35.7 Å². The molecule has 3 N–H and O–H groups in total. The lowest BCUT2D eigenvalue weighted by atomic mass is 10.1. The minimum absolute atomic E-state index is 0.125. The molecule has 0 fully saturated rings. The van der Waals surface area contributed by atoms with E-state index in [1.165, 1.54) is 0 Å². The zero-order chi connectivity index (χ0) is 12.8. The van der Waals surface area contributed by atoms with Crippen LogP contribution in [0.25, 0.3) is 0 Å². The SMILES string of the molecule is CCCC(NC(=O)c1cccc(C)c1)C(N)=S. The van der Waals surface area contributed by atoms with Crippen LogP contribution in [0.2, 0.25) is 0 Å². The highest BCUT2D eigenvalue weighted by molar-refractivity contribution is 7.80. The monoisotopic (exact) mass is 250 g/mol. The van der Waals surface area contributed by atoms with Crippen molar-refractivity contribution in [3.63, 3.8) is 0 Å². The molecular weight excluding hydrogens is 232 g/mol. The van der Waals surface area contributed by atoms with Gasteiger partial charge in [0.1, 0.15) is 0 Å². The van der Waals surface area contributed by atoms with Crippen molar-refractivity contribution in [1.82, 2.24) is 5.32 Å². The lowest BCUT2D eigenvalue weighted by Gasteiger charge is -2.16. The molecule has 92 valence electrons. The van der Waals surface area contributed by atoms with Crippen LogP contribution in [0.3, 0.4) is 0 Å². The van der Waals surface area contributed by atoms with Gasteiger partial charge in [0.2, 0.25) is 0 Å². The zero-order valence-electron chi connectivity index (χ0n) is 10.2. The fourth-order valence-corrected chi connectivity index (χ4v) is 1.78. The third-order valence-corrected chi connectivity index (χ3v) is 2.79. The van der Waals surface area contributed by atoms with Gasteiger partial charge >= 0.3 is 0 Å². The van der Waals surface area contributed by atoms with Gasteiger partial charge in [0, 0.05) is 5.56 Å². The Hall–Kier alpha value is -1.42. The van der Waals surface area contributed by atoms with Crippen molar-refractivity contribution in [1.29, 1.82) is 0 Å². The quantitative estimate of drug-likeness (QED) is 0.788. The van der Waals surface area contributed by atoms with E-state index in [1.807, 2.05) is 32.0 Å². The lowest BCUT2D eigenvalue weighted by Crippen LogP contribution is -2.43. The Balaban J connectivity index is 2.73. The minimum Gasteiger partial charge on any atom is -0.392 e. The van der Waals surface area contributed by atoms with Gasteiger partial charge in [-0.05, 0) is 25.5 Å². The summed E-state index contributed by atoms with van der Waals surface area (Å²) in [5.74, 6) is -0.125. The Kier molecular flexibility index (Phi) is 5.10. The summed E-state index contributed by atoms with van der Waals surface area (Å²) in [6.07, 6.45) is 1.70. The van der Waals surface area contributed by atoms with Gasteiger partial charge in [0.15, 0.2) is 0 Å². The standard InChI is InChI=1S/C13H18N2OS/c1-3-5-11(12(14)17)15-13(16)10-7-4-6-9(2)8-10/h4,6-8,11H,3,5H2,1-2H3,(H2,14,17)(H,15,16). The molecule has 1 atom stereocenters. The van der Waals surface area contributed by atoms with Crippen molar-refractivity contribution in [3.8, 4) is 0 Å². The third-order valence-electron chi connectivity index (χ3n) is 2.51. The first kappa shape index (κ1) is 13.6. The summed E-state index contributed by atoms with van der Waals surface area (Å²) in [5, 5.41) is 2.86. The van der Waals surface area contributed by atoms with E-state index in [1.54, 1.807) is 6.07 Å². The fraction of sp³-hybridized carbons (Fsp3) is 0.385. The predicted octanol–water partition coefficient (Wildman–Crippen LogP) is 2.18. The summed E-state index contributed by atoms with van der Waals surface area (Å²) in [6.45, 7) is 3.98. The average Bonchev–Trinajstić information content (AvgIpc) is 2.28. The number of amides is 1. The smallest absolute Gasteiger partial charge is 0.251 e. The van der Waals surface area contributed by atoms with Crippen LogP contribution in [0, 0.1) is 6.92 Å². The van der Waals surface area contributed by atoms with Crippen molar-refractivity contribution in [2.45, 2.75) is 32.7 Å². The maximum absolute atomic E-state index is 12.0. The van der Waals surface area contributed by atoms with Gasteiger partial charge in [-0.2, -0.15) is 0 Å². The molecule has 0 aliphatic rings. The lowest BCUT2D eigenvalue weighted by molar-refractivity contribution is 0.0945. The van der Waals surface area contributed by atoms with E-state index >= 15 is 0 Å². The Labute approximate surface area is 107 Å². The van der Waals surface area contributed by atoms with Crippen molar-refractivity contribution < 1.29 is 4.79 Å². The molecule has 0 bridgehead atoms. The van der Waals surface area contributed by atoms with Crippen molar-refractivity contribution >= 4 is 23.1 Å². The third kappa shape index (κ3) is 4.15. The summed E-state index contributed by atoms with van der Waals surface area (Å²) >= 11 is 4.94. The molecular formula is C13H18N2OS. The highest BCUT2D eigenvalue weighted by Gasteiger charge is 2.15. The Bertz CT molecular complexity index is 418. The molecule has 0 heterocycles. The van der Waals surface area contributed by atoms with Crippen LogP contribution in [-0.4, -0.2) is 16.9 Å². The van der Waals surface area contributed by atoms with E-state index < -0.39 is 0 Å². The maximum atomic E-state index is 12.0. The number of hydrogen-bond acceptors (Lipinski definition) is 2.